The Labute approximate surface area is 175 Å². The van der Waals surface area contributed by atoms with Gasteiger partial charge >= 0.3 is 0 Å². The van der Waals surface area contributed by atoms with Crippen molar-refractivity contribution in [2.24, 2.45) is 10.2 Å². The van der Waals surface area contributed by atoms with E-state index in [0.717, 1.165) is 0 Å². The Morgan fingerprint density at radius 3 is 2.47 bits per heavy atom. The van der Waals surface area contributed by atoms with Gasteiger partial charge in [-0.15, -0.1) is 0 Å². The van der Waals surface area contributed by atoms with Gasteiger partial charge in [0, 0.05) is 17.5 Å². The number of anilines is 1. The molecule has 30 heavy (non-hydrogen) atoms. The lowest BCUT2D eigenvalue weighted by Crippen LogP contribution is -2.40. The number of azo groups is 1. The summed E-state index contributed by atoms with van der Waals surface area (Å²) in [4.78, 5) is 12.5. The molecular weight excluding hydrogens is 407 g/mol. The maximum Gasteiger partial charge on any atom is 0.254 e. The van der Waals surface area contributed by atoms with E-state index in [1.54, 1.807) is 52.0 Å². The van der Waals surface area contributed by atoms with Gasteiger partial charge in [0.15, 0.2) is 5.54 Å². The molecule has 0 aromatic heterocycles. The minimum absolute atomic E-state index is 0.000213. The molecule has 3 rings (SSSR count). The molecule has 1 amide bonds. The number of amides is 1. The number of hydrogen-bond acceptors (Lipinski definition) is 5. The highest BCUT2D eigenvalue weighted by atomic mass is 32.2. The van der Waals surface area contributed by atoms with Crippen LogP contribution < -0.4 is 10.0 Å². The van der Waals surface area contributed by atoms with Crippen molar-refractivity contribution in [3.63, 3.8) is 0 Å². The fraction of sp³-hybridized carbons (Fsp3) is 0.381. The van der Waals surface area contributed by atoms with Crippen molar-refractivity contribution in [1.29, 1.82) is 0 Å². The fourth-order valence-electron chi connectivity index (χ4n) is 3.12. The van der Waals surface area contributed by atoms with Crippen LogP contribution in [0.15, 0.2) is 57.6 Å². The number of halogens is 1. The normalized spacial score (nSPS) is 19.1. The Morgan fingerprint density at radius 2 is 1.87 bits per heavy atom. The van der Waals surface area contributed by atoms with Gasteiger partial charge in [-0.2, -0.15) is 10.2 Å². The van der Waals surface area contributed by atoms with Crippen molar-refractivity contribution in [1.82, 2.24) is 4.72 Å². The Hall–Kier alpha value is -2.65. The quantitative estimate of drug-likeness (QED) is 0.743. The second kappa shape index (κ2) is 7.88. The second-order valence-electron chi connectivity index (χ2n) is 8.49. The Morgan fingerprint density at radius 1 is 1.17 bits per heavy atom. The molecule has 0 aliphatic carbocycles. The first kappa shape index (κ1) is 22.0. The molecule has 0 fully saturated rings. The smallest absolute Gasteiger partial charge is 0.254 e. The van der Waals surface area contributed by atoms with E-state index in [9.17, 15) is 17.6 Å². The number of benzene rings is 2. The van der Waals surface area contributed by atoms with Crippen molar-refractivity contribution in [3.05, 3.63) is 48.3 Å². The third-order valence-corrected chi connectivity index (χ3v) is 6.44. The van der Waals surface area contributed by atoms with Crippen LogP contribution in [-0.4, -0.2) is 31.9 Å². The third kappa shape index (κ3) is 4.73. The zero-order valence-electron chi connectivity index (χ0n) is 17.4. The first-order valence-corrected chi connectivity index (χ1v) is 11.0. The molecule has 160 valence electrons. The van der Waals surface area contributed by atoms with Crippen molar-refractivity contribution in [3.8, 4) is 11.1 Å². The van der Waals surface area contributed by atoms with E-state index in [0.29, 0.717) is 24.1 Å². The third-order valence-electron chi connectivity index (χ3n) is 4.62. The van der Waals surface area contributed by atoms with Crippen LogP contribution in [0.4, 0.5) is 10.1 Å². The lowest BCUT2D eigenvalue weighted by atomic mass is 9.99. The van der Waals surface area contributed by atoms with Crippen molar-refractivity contribution >= 4 is 21.6 Å². The van der Waals surface area contributed by atoms with Gasteiger partial charge in [-0.05, 0) is 51.5 Å². The number of hydrogen-bond donors (Lipinski definition) is 2. The van der Waals surface area contributed by atoms with Gasteiger partial charge in [0.05, 0.1) is 17.1 Å². The molecule has 2 N–H and O–H groups in total. The highest BCUT2D eigenvalue weighted by Gasteiger charge is 2.36. The zero-order chi connectivity index (χ0) is 22.2. The Balaban J connectivity index is 1.93. The summed E-state index contributed by atoms with van der Waals surface area (Å²) in [6, 6.07) is 10.6. The monoisotopic (exact) mass is 432 g/mol. The average molecular weight is 433 g/mol. The van der Waals surface area contributed by atoms with E-state index in [4.69, 9.17) is 0 Å². The fourth-order valence-corrected chi connectivity index (χ4v) is 4.77. The summed E-state index contributed by atoms with van der Waals surface area (Å²) in [6.07, 6.45) is 0.463. The summed E-state index contributed by atoms with van der Waals surface area (Å²) in [7, 11) is -3.82. The van der Waals surface area contributed by atoms with Gasteiger partial charge < -0.3 is 5.32 Å². The highest BCUT2D eigenvalue weighted by Crippen LogP contribution is 2.31. The molecule has 1 atom stereocenters. The van der Waals surface area contributed by atoms with E-state index >= 15 is 0 Å². The van der Waals surface area contributed by atoms with Crippen molar-refractivity contribution < 1.29 is 17.6 Å². The molecule has 1 unspecified atom stereocenters. The first-order chi connectivity index (χ1) is 13.9. The van der Waals surface area contributed by atoms with Crippen LogP contribution in [0.25, 0.3) is 11.1 Å². The maximum absolute atomic E-state index is 14.8. The lowest BCUT2D eigenvalue weighted by Gasteiger charge is -2.22. The van der Waals surface area contributed by atoms with Crippen molar-refractivity contribution in [2.45, 2.75) is 50.1 Å². The molecule has 1 heterocycles. The first-order valence-electron chi connectivity index (χ1n) is 9.54. The van der Waals surface area contributed by atoms with Gasteiger partial charge in [0.2, 0.25) is 10.0 Å². The van der Waals surface area contributed by atoms with Gasteiger partial charge in [-0.3, -0.25) is 4.79 Å². The standard InChI is InChI=1S/C21H25FN4O3S/c1-20(2,3)26-30(28,29)18-8-6-5-7-15(18)14-9-10-17(16(22)13-14)24-19(27)21(4)11-12-23-25-21/h5-10,13,26H,11-12H2,1-4H3,(H,24,27). The second-order valence-corrected chi connectivity index (χ2v) is 10.1. The number of nitrogens with zero attached hydrogens (tertiary/aromatic N) is 2. The number of carbonyl (C=O) groups is 1. The van der Waals surface area contributed by atoms with E-state index in [-0.39, 0.29) is 10.6 Å². The van der Waals surface area contributed by atoms with Crippen molar-refractivity contribution in [2.75, 3.05) is 11.9 Å². The van der Waals surface area contributed by atoms with Crippen LogP contribution in [-0.2, 0) is 14.8 Å². The van der Waals surface area contributed by atoms with Crippen LogP contribution in [0.1, 0.15) is 34.1 Å². The number of carbonyl (C=O) groups excluding carboxylic acids is 1. The summed E-state index contributed by atoms with van der Waals surface area (Å²) in [5.74, 6) is -1.11. The molecule has 2 aromatic carbocycles. The van der Waals surface area contributed by atoms with E-state index in [1.807, 2.05) is 0 Å². The number of nitrogens with one attached hydrogen (secondary N) is 2. The van der Waals surface area contributed by atoms with Crippen LogP contribution in [0.2, 0.25) is 0 Å². The van der Waals surface area contributed by atoms with E-state index in [1.165, 1.54) is 18.2 Å². The summed E-state index contributed by atoms with van der Waals surface area (Å²) in [6.45, 7) is 7.34. The van der Waals surface area contributed by atoms with E-state index in [2.05, 4.69) is 20.3 Å². The molecule has 7 nitrogen and oxygen atoms in total. The molecule has 9 heteroatoms. The topological polar surface area (TPSA) is 100.0 Å². The summed E-state index contributed by atoms with van der Waals surface area (Å²) < 4.78 is 43.1. The van der Waals surface area contributed by atoms with Crippen LogP contribution in [0, 0.1) is 5.82 Å². The van der Waals surface area contributed by atoms with Gasteiger partial charge in [-0.25, -0.2) is 17.5 Å². The average Bonchev–Trinajstić information content (AvgIpc) is 3.09. The Kier molecular flexibility index (Phi) is 5.79. The molecule has 1 aliphatic rings. The predicted octanol–water partition coefficient (Wildman–Crippen LogP) is 4.12. The van der Waals surface area contributed by atoms with Crippen LogP contribution in [0.3, 0.4) is 0 Å². The molecule has 0 saturated carbocycles. The van der Waals surface area contributed by atoms with Crippen LogP contribution in [0.5, 0.6) is 0 Å². The summed E-state index contributed by atoms with van der Waals surface area (Å²) in [5, 5.41) is 10.3. The summed E-state index contributed by atoms with van der Waals surface area (Å²) >= 11 is 0. The molecule has 2 aromatic rings. The predicted molar refractivity (Wildman–Crippen MR) is 113 cm³/mol. The SMILES string of the molecule is CC(C)(C)NS(=O)(=O)c1ccccc1-c1ccc(NC(=O)C2(C)CCN=N2)c(F)c1. The van der Waals surface area contributed by atoms with Gasteiger partial charge in [-0.1, -0.05) is 24.3 Å². The minimum atomic E-state index is -3.82. The zero-order valence-corrected chi connectivity index (χ0v) is 18.2. The van der Waals surface area contributed by atoms with E-state index < -0.39 is 32.8 Å². The summed E-state index contributed by atoms with van der Waals surface area (Å²) in [5.41, 5.74) is -0.932. The van der Waals surface area contributed by atoms with Gasteiger partial charge in [0.1, 0.15) is 5.82 Å². The molecule has 0 saturated heterocycles. The largest absolute Gasteiger partial charge is 0.321 e. The molecule has 0 bridgehead atoms. The Bertz CT molecular complexity index is 1110. The molecule has 0 spiro atoms. The number of sulfonamides is 1. The number of rotatable bonds is 5. The molecule has 1 aliphatic heterocycles. The molecular formula is C21H25FN4O3S. The molecule has 0 radical (unpaired) electrons. The lowest BCUT2D eigenvalue weighted by molar-refractivity contribution is -0.120. The van der Waals surface area contributed by atoms with Gasteiger partial charge in [0.25, 0.3) is 5.91 Å². The maximum atomic E-state index is 14.8. The highest BCUT2D eigenvalue weighted by molar-refractivity contribution is 7.89. The minimum Gasteiger partial charge on any atom is -0.321 e. The van der Waals surface area contributed by atoms with Crippen LogP contribution >= 0.6 is 0 Å².